The van der Waals surface area contributed by atoms with Gasteiger partial charge in [0.25, 0.3) is 0 Å². The van der Waals surface area contributed by atoms with Crippen molar-refractivity contribution >= 4 is 0 Å². The highest BCUT2D eigenvalue weighted by Gasteiger charge is 2.22. The summed E-state index contributed by atoms with van der Waals surface area (Å²) in [6.07, 6.45) is 8.61. The third-order valence-electron chi connectivity index (χ3n) is 4.37. The molecule has 2 aliphatic rings. The minimum absolute atomic E-state index is 1.03. The van der Waals surface area contributed by atoms with Crippen LogP contribution in [-0.4, -0.2) is 37.6 Å². The molecule has 0 atom stereocenters. The summed E-state index contributed by atoms with van der Waals surface area (Å²) in [7, 11) is 0. The Morgan fingerprint density at radius 1 is 0.944 bits per heavy atom. The number of piperidine rings is 2. The maximum absolute atomic E-state index is 3.47. The summed E-state index contributed by atoms with van der Waals surface area (Å²) in [5.74, 6) is 2.07. The predicted octanol–water partition coefficient (Wildman–Crippen LogP) is 3.52. The van der Waals surface area contributed by atoms with Crippen molar-refractivity contribution in [1.82, 2.24) is 10.2 Å². The second-order valence-electron chi connectivity index (χ2n) is 5.71. The molecule has 0 aliphatic carbocycles. The molecule has 0 aromatic heterocycles. The topological polar surface area (TPSA) is 15.3 Å². The molecule has 0 aromatic carbocycles. The highest BCUT2D eigenvalue weighted by molar-refractivity contribution is 4.77. The summed E-state index contributed by atoms with van der Waals surface area (Å²) in [4.78, 5) is 2.65. The molecule has 108 valence electrons. The van der Waals surface area contributed by atoms with Crippen LogP contribution in [0.5, 0.6) is 0 Å². The van der Waals surface area contributed by atoms with Crippen molar-refractivity contribution in [2.75, 3.05) is 32.7 Å². The zero-order valence-corrected chi connectivity index (χ0v) is 12.9. The van der Waals surface area contributed by atoms with Gasteiger partial charge in [0.1, 0.15) is 0 Å². The Labute approximate surface area is 115 Å². The lowest BCUT2D eigenvalue weighted by atomic mass is 9.83. The standard InChI is InChI=1S/C14H28N2.C2H6/c1-2-9-16-10-5-14(6-11-16)12-13-3-7-15-8-4-13;1-2/h13-15H,2-12H2,1H3;1-2H3. The van der Waals surface area contributed by atoms with E-state index in [9.17, 15) is 0 Å². The molecule has 2 nitrogen and oxygen atoms in total. The third kappa shape index (κ3) is 5.71. The summed E-state index contributed by atoms with van der Waals surface area (Å²) in [5, 5.41) is 3.47. The minimum atomic E-state index is 1.03. The molecule has 2 rings (SSSR count). The second kappa shape index (κ2) is 9.80. The smallest absolute Gasteiger partial charge is 0.00161 e. The van der Waals surface area contributed by atoms with Gasteiger partial charge in [-0.3, -0.25) is 0 Å². The van der Waals surface area contributed by atoms with Crippen LogP contribution in [-0.2, 0) is 0 Å². The molecule has 0 unspecified atom stereocenters. The van der Waals surface area contributed by atoms with E-state index >= 15 is 0 Å². The van der Waals surface area contributed by atoms with Crippen molar-refractivity contribution in [3.63, 3.8) is 0 Å². The Bertz CT molecular complexity index is 180. The minimum Gasteiger partial charge on any atom is -0.317 e. The molecule has 0 amide bonds. The lowest BCUT2D eigenvalue weighted by molar-refractivity contribution is 0.160. The lowest BCUT2D eigenvalue weighted by Crippen LogP contribution is -2.36. The van der Waals surface area contributed by atoms with Crippen molar-refractivity contribution in [2.45, 2.75) is 59.3 Å². The van der Waals surface area contributed by atoms with Crippen molar-refractivity contribution in [1.29, 1.82) is 0 Å². The van der Waals surface area contributed by atoms with Gasteiger partial charge in [0.2, 0.25) is 0 Å². The molecule has 2 fully saturated rings. The van der Waals surface area contributed by atoms with Gasteiger partial charge in [-0.05, 0) is 83.1 Å². The largest absolute Gasteiger partial charge is 0.317 e. The molecule has 0 aromatic rings. The predicted molar refractivity (Wildman–Crippen MR) is 81.0 cm³/mol. The summed E-state index contributed by atoms with van der Waals surface area (Å²) >= 11 is 0. The molecular formula is C16H34N2. The Hall–Kier alpha value is -0.0800. The van der Waals surface area contributed by atoms with E-state index in [0.717, 1.165) is 11.8 Å². The van der Waals surface area contributed by atoms with Gasteiger partial charge in [0, 0.05) is 0 Å². The summed E-state index contributed by atoms with van der Waals surface area (Å²) < 4.78 is 0. The van der Waals surface area contributed by atoms with E-state index in [2.05, 4.69) is 17.1 Å². The lowest BCUT2D eigenvalue weighted by Gasteiger charge is -2.34. The SMILES string of the molecule is CC.CCCN1CCC(CC2CCNCC2)CC1. The zero-order chi connectivity index (χ0) is 13.2. The molecule has 0 bridgehead atoms. The number of nitrogens with zero attached hydrogens (tertiary/aromatic N) is 1. The van der Waals surface area contributed by atoms with E-state index in [1.807, 2.05) is 13.8 Å². The number of hydrogen-bond acceptors (Lipinski definition) is 2. The summed E-state index contributed by atoms with van der Waals surface area (Å²) in [6.45, 7) is 12.9. The number of rotatable bonds is 4. The molecule has 1 N–H and O–H groups in total. The molecule has 2 heterocycles. The second-order valence-corrected chi connectivity index (χ2v) is 5.71. The van der Waals surface area contributed by atoms with Crippen molar-refractivity contribution < 1.29 is 0 Å². The van der Waals surface area contributed by atoms with Gasteiger partial charge in [-0.25, -0.2) is 0 Å². The van der Waals surface area contributed by atoms with E-state index in [4.69, 9.17) is 0 Å². The maximum Gasteiger partial charge on any atom is -0.00161 e. The highest BCUT2D eigenvalue weighted by Crippen LogP contribution is 2.28. The Kier molecular flexibility index (Phi) is 8.70. The van der Waals surface area contributed by atoms with Crippen LogP contribution in [0.3, 0.4) is 0 Å². The zero-order valence-electron chi connectivity index (χ0n) is 12.9. The first kappa shape index (κ1) is 16.0. The van der Waals surface area contributed by atoms with Gasteiger partial charge in [0.15, 0.2) is 0 Å². The van der Waals surface area contributed by atoms with Crippen LogP contribution < -0.4 is 5.32 Å². The van der Waals surface area contributed by atoms with Gasteiger partial charge in [-0.1, -0.05) is 20.8 Å². The summed E-state index contributed by atoms with van der Waals surface area (Å²) in [5.41, 5.74) is 0. The monoisotopic (exact) mass is 254 g/mol. The first-order valence-electron chi connectivity index (χ1n) is 8.31. The van der Waals surface area contributed by atoms with Gasteiger partial charge >= 0.3 is 0 Å². The van der Waals surface area contributed by atoms with E-state index in [-0.39, 0.29) is 0 Å². The fourth-order valence-electron chi connectivity index (χ4n) is 3.35. The van der Waals surface area contributed by atoms with Crippen molar-refractivity contribution in [2.24, 2.45) is 11.8 Å². The fourth-order valence-corrected chi connectivity index (χ4v) is 3.35. The van der Waals surface area contributed by atoms with E-state index in [0.29, 0.717) is 0 Å². The van der Waals surface area contributed by atoms with Crippen LogP contribution in [0.1, 0.15) is 59.3 Å². The average molecular weight is 254 g/mol. The Morgan fingerprint density at radius 3 is 2.06 bits per heavy atom. The molecule has 0 radical (unpaired) electrons. The summed E-state index contributed by atoms with van der Waals surface area (Å²) in [6, 6.07) is 0. The Morgan fingerprint density at radius 2 is 1.50 bits per heavy atom. The van der Waals surface area contributed by atoms with Crippen LogP contribution in [0.25, 0.3) is 0 Å². The van der Waals surface area contributed by atoms with E-state index in [1.165, 1.54) is 71.2 Å². The number of nitrogens with one attached hydrogen (secondary N) is 1. The average Bonchev–Trinajstić information content (AvgIpc) is 2.45. The van der Waals surface area contributed by atoms with E-state index < -0.39 is 0 Å². The first-order valence-corrected chi connectivity index (χ1v) is 8.31. The number of hydrogen-bond donors (Lipinski definition) is 1. The van der Waals surface area contributed by atoms with Gasteiger partial charge in [-0.15, -0.1) is 0 Å². The van der Waals surface area contributed by atoms with Gasteiger partial charge in [0.05, 0.1) is 0 Å². The molecule has 18 heavy (non-hydrogen) atoms. The van der Waals surface area contributed by atoms with Crippen molar-refractivity contribution in [3.05, 3.63) is 0 Å². The van der Waals surface area contributed by atoms with Gasteiger partial charge < -0.3 is 10.2 Å². The fraction of sp³-hybridized carbons (Fsp3) is 1.00. The van der Waals surface area contributed by atoms with Crippen LogP contribution in [0, 0.1) is 11.8 Å². The van der Waals surface area contributed by atoms with Crippen LogP contribution in [0.2, 0.25) is 0 Å². The van der Waals surface area contributed by atoms with E-state index in [1.54, 1.807) is 0 Å². The van der Waals surface area contributed by atoms with Crippen LogP contribution in [0.15, 0.2) is 0 Å². The maximum atomic E-state index is 3.47. The quantitative estimate of drug-likeness (QED) is 0.826. The molecule has 0 spiro atoms. The van der Waals surface area contributed by atoms with Crippen LogP contribution in [0.4, 0.5) is 0 Å². The van der Waals surface area contributed by atoms with Crippen LogP contribution >= 0.6 is 0 Å². The molecule has 0 saturated carbocycles. The third-order valence-corrected chi connectivity index (χ3v) is 4.37. The van der Waals surface area contributed by atoms with Crippen molar-refractivity contribution in [3.8, 4) is 0 Å². The molecule has 2 heteroatoms. The van der Waals surface area contributed by atoms with Gasteiger partial charge in [-0.2, -0.15) is 0 Å². The first-order chi connectivity index (χ1) is 8.88. The highest BCUT2D eigenvalue weighted by atomic mass is 15.1. The number of likely N-dealkylation sites (tertiary alicyclic amines) is 1. The Balaban J connectivity index is 0.000000771. The molecule has 2 saturated heterocycles. The molecular weight excluding hydrogens is 220 g/mol. The molecule has 2 aliphatic heterocycles. The normalized spacial score (nSPS) is 23.5.